The van der Waals surface area contributed by atoms with Gasteiger partial charge in [0.05, 0.1) is 45.4 Å². The molecule has 1 aliphatic rings. The summed E-state index contributed by atoms with van der Waals surface area (Å²) >= 11 is 0. The Morgan fingerprint density at radius 1 is 0.871 bits per heavy atom. The topological polar surface area (TPSA) is 82.2 Å². The molecule has 0 saturated heterocycles. The molecule has 1 N–H and O–H groups in total. The van der Waals surface area contributed by atoms with Gasteiger partial charge in [0.15, 0.2) is 17.7 Å². The Morgan fingerprint density at radius 2 is 1.61 bits per heavy atom. The van der Waals surface area contributed by atoms with Crippen LogP contribution in [0.1, 0.15) is 22.2 Å². The number of methoxy groups -OCH3 is 4. The normalized spacial score (nSPS) is 14.8. The molecular formula is C23H23N3O5. The Bertz CT molecular complexity index is 1120. The molecule has 8 heteroatoms. The van der Waals surface area contributed by atoms with Crippen LogP contribution in [0.15, 0.2) is 54.7 Å². The lowest BCUT2D eigenvalue weighted by Gasteiger charge is -2.28. The van der Waals surface area contributed by atoms with Crippen molar-refractivity contribution < 1.29 is 23.7 Å². The number of benzene rings is 2. The molecule has 160 valence electrons. The largest absolute Gasteiger partial charge is 0.497 e. The molecule has 0 radical (unpaired) electrons. The highest BCUT2D eigenvalue weighted by Gasteiger charge is 2.40. The van der Waals surface area contributed by atoms with Gasteiger partial charge in [0.25, 0.3) is 5.91 Å². The number of hydrogen-bond donors (Lipinski definition) is 1. The van der Waals surface area contributed by atoms with Crippen LogP contribution in [0.3, 0.4) is 0 Å². The predicted molar refractivity (Wildman–Crippen MR) is 117 cm³/mol. The third-order valence-electron chi connectivity index (χ3n) is 5.14. The quantitative estimate of drug-likeness (QED) is 0.620. The number of hydrogen-bond acceptors (Lipinski definition) is 7. The highest BCUT2D eigenvalue weighted by molar-refractivity contribution is 6.11. The van der Waals surface area contributed by atoms with Crippen molar-refractivity contribution >= 4 is 17.3 Å². The second kappa shape index (κ2) is 8.43. The number of nitrogens with zero attached hydrogens (tertiary/aromatic N) is 2. The Morgan fingerprint density at radius 3 is 2.32 bits per heavy atom. The van der Waals surface area contributed by atoms with E-state index in [1.807, 2.05) is 12.1 Å². The fourth-order valence-electron chi connectivity index (χ4n) is 3.64. The van der Waals surface area contributed by atoms with Gasteiger partial charge in [-0.1, -0.05) is 0 Å². The van der Waals surface area contributed by atoms with E-state index in [9.17, 15) is 4.79 Å². The summed E-state index contributed by atoms with van der Waals surface area (Å²) in [5, 5.41) is 3.40. The maximum Gasteiger partial charge on any atom is 0.262 e. The first-order valence-electron chi connectivity index (χ1n) is 9.60. The second-order valence-corrected chi connectivity index (χ2v) is 6.77. The van der Waals surface area contributed by atoms with Crippen molar-refractivity contribution in [3.05, 3.63) is 66.0 Å². The molecule has 31 heavy (non-hydrogen) atoms. The minimum absolute atomic E-state index is 0.187. The van der Waals surface area contributed by atoms with E-state index in [1.54, 1.807) is 75.9 Å². The Hall–Kier alpha value is -3.94. The summed E-state index contributed by atoms with van der Waals surface area (Å²) in [7, 11) is 6.30. The van der Waals surface area contributed by atoms with E-state index in [0.717, 1.165) is 5.69 Å². The molecule has 1 amide bonds. The average molecular weight is 421 g/mol. The van der Waals surface area contributed by atoms with Crippen molar-refractivity contribution in [2.24, 2.45) is 0 Å². The van der Waals surface area contributed by atoms with Gasteiger partial charge in [-0.3, -0.25) is 14.7 Å². The summed E-state index contributed by atoms with van der Waals surface area (Å²) in [4.78, 5) is 19.5. The number of aromatic nitrogens is 1. The molecule has 0 saturated carbocycles. The minimum atomic E-state index is -0.567. The van der Waals surface area contributed by atoms with Crippen molar-refractivity contribution in [1.29, 1.82) is 0 Å². The maximum atomic E-state index is 13.4. The number of carbonyl (C=O) groups is 1. The number of anilines is 2. The monoisotopic (exact) mass is 421 g/mol. The molecule has 1 aromatic heterocycles. The van der Waals surface area contributed by atoms with Gasteiger partial charge in [-0.25, -0.2) is 0 Å². The molecule has 3 aromatic rings. The molecule has 1 atom stereocenters. The summed E-state index contributed by atoms with van der Waals surface area (Å²) in [6.07, 6.45) is 1.10. The zero-order chi connectivity index (χ0) is 22.0. The molecule has 0 fully saturated rings. The maximum absolute atomic E-state index is 13.4. The van der Waals surface area contributed by atoms with Crippen molar-refractivity contribution in [2.75, 3.05) is 38.7 Å². The highest BCUT2D eigenvalue weighted by Crippen LogP contribution is 2.43. The SMILES string of the molecule is COc1ccc(OC)c(N2C(=O)c3cccnc3C2Nc2ccc(OC)c(OC)c2)c1. The summed E-state index contributed by atoms with van der Waals surface area (Å²) in [5.74, 6) is 2.15. The first kappa shape index (κ1) is 20.3. The number of ether oxygens (including phenoxy) is 4. The molecule has 1 aliphatic heterocycles. The van der Waals surface area contributed by atoms with E-state index in [-0.39, 0.29) is 5.91 Å². The van der Waals surface area contributed by atoms with Gasteiger partial charge in [0, 0.05) is 24.0 Å². The fourth-order valence-corrected chi connectivity index (χ4v) is 3.64. The molecule has 0 spiro atoms. The number of rotatable bonds is 7. The fraction of sp³-hybridized carbons (Fsp3) is 0.217. The standard InChI is InChI=1S/C23H23N3O5/c1-28-15-8-10-18(29-2)17(13-15)26-22(21-16(23(26)27)6-5-11-24-21)25-14-7-9-19(30-3)20(12-14)31-4/h5-13,22,25H,1-4H3. The first-order chi connectivity index (χ1) is 15.1. The summed E-state index contributed by atoms with van der Waals surface area (Å²) < 4.78 is 21.6. The minimum Gasteiger partial charge on any atom is -0.497 e. The highest BCUT2D eigenvalue weighted by atomic mass is 16.5. The van der Waals surface area contributed by atoms with E-state index in [0.29, 0.717) is 39.9 Å². The van der Waals surface area contributed by atoms with Crippen LogP contribution in [-0.4, -0.2) is 39.3 Å². The average Bonchev–Trinajstić information content (AvgIpc) is 3.09. The zero-order valence-electron chi connectivity index (χ0n) is 17.7. The zero-order valence-corrected chi connectivity index (χ0v) is 17.7. The van der Waals surface area contributed by atoms with Crippen LogP contribution < -0.4 is 29.2 Å². The summed E-state index contributed by atoms with van der Waals surface area (Å²) in [6, 6.07) is 14.3. The Kier molecular flexibility index (Phi) is 5.53. The lowest BCUT2D eigenvalue weighted by Crippen LogP contribution is -2.32. The molecule has 4 rings (SSSR count). The Labute approximate surface area is 180 Å². The van der Waals surface area contributed by atoms with Gasteiger partial charge < -0.3 is 24.3 Å². The molecule has 0 aliphatic carbocycles. The molecule has 2 heterocycles. The van der Waals surface area contributed by atoms with Crippen LogP contribution in [0, 0.1) is 0 Å². The van der Waals surface area contributed by atoms with Crippen LogP contribution in [-0.2, 0) is 0 Å². The number of pyridine rings is 1. The smallest absolute Gasteiger partial charge is 0.262 e. The van der Waals surface area contributed by atoms with E-state index < -0.39 is 6.17 Å². The number of nitrogens with one attached hydrogen (secondary N) is 1. The molecule has 0 bridgehead atoms. The van der Waals surface area contributed by atoms with E-state index >= 15 is 0 Å². The third kappa shape index (κ3) is 3.56. The Balaban J connectivity index is 1.81. The molecular weight excluding hydrogens is 398 g/mol. The van der Waals surface area contributed by atoms with E-state index in [4.69, 9.17) is 18.9 Å². The lowest BCUT2D eigenvalue weighted by atomic mass is 10.2. The number of fused-ring (bicyclic) bond motifs is 1. The van der Waals surface area contributed by atoms with E-state index in [2.05, 4.69) is 10.3 Å². The van der Waals surface area contributed by atoms with Crippen molar-refractivity contribution in [1.82, 2.24) is 4.98 Å². The third-order valence-corrected chi connectivity index (χ3v) is 5.14. The lowest BCUT2D eigenvalue weighted by molar-refractivity contribution is 0.0992. The van der Waals surface area contributed by atoms with Crippen molar-refractivity contribution in [3.8, 4) is 23.0 Å². The summed E-state index contributed by atoms with van der Waals surface area (Å²) in [6.45, 7) is 0. The number of carbonyl (C=O) groups excluding carboxylic acids is 1. The van der Waals surface area contributed by atoms with Crippen LogP contribution in [0.25, 0.3) is 0 Å². The van der Waals surface area contributed by atoms with Crippen LogP contribution in [0.2, 0.25) is 0 Å². The molecule has 1 unspecified atom stereocenters. The summed E-state index contributed by atoms with van der Waals surface area (Å²) in [5.41, 5.74) is 2.45. The van der Waals surface area contributed by atoms with Crippen LogP contribution in [0.4, 0.5) is 11.4 Å². The van der Waals surface area contributed by atoms with Gasteiger partial charge in [-0.15, -0.1) is 0 Å². The second-order valence-electron chi connectivity index (χ2n) is 6.77. The van der Waals surface area contributed by atoms with Crippen molar-refractivity contribution in [3.63, 3.8) is 0 Å². The predicted octanol–water partition coefficient (Wildman–Crippen LogP) is 3.89. The van der Waals surface area contributed by atoms with Gasteiger partial charge in [0.1, 0.15) is 11.5 Å². The van der Waals surface area contributed by atoms with Gasteiger partial charge in [0.2, 0.25) is 0 Å². The van der Waals surface area contributed by atoms with E-state index in [1.165, 1.54) is 0 Å². The van der Waals surface area contributed by atoms with Gasteiger partial charge in [-0.2, -0.15) is 0 Å². The first-order valence-corrected chi connectivity index (χ1v) is 9.60. The molecule has 2 aromatic carbocycles. The number of amides is 1. The van der Waals surface area contributed by atoms with Crippen LogP contribution >= 0.6 is 0 Å². The van der Waals surface area contributed by atoms with Gasteiger partial charge >= 0.3 is 0 Å². The van der Waals surface area contributed by atoms with Crippen LogP contribution in [0.5, 0.6) is 23.0 Å². The molecule has 8 nitrogen and oxygen atoms in total. The van der Waals surface area contributed by atoms with Gasteiger partial charge in [-0.05, 0) is 36.4 Å². The van der Waals surface area contributed by atoms with Crippen molar-refractivity contribution in [2.45, 2.75) is 6.17 Å².